The van der Waals surface area contributed by atoms with E-state index in [4.69, 9.17) is 16.4 Å². The van der Waals surface area contributed by atoms with Gasteiger partial charge in [0.1, 0.15) is 4.71 Å². The lowest BCUT2D eigenvalue weighted by Crippen LogP contribution is -2.15. The predicted molar refractivity (Wildman–Crippen MR) is 46.0 cm³/mol. The Kier molecular flexibility index (Phi) is 4.29. The van der Waals surface area contributed by atoms with Crippen molar-refractivity contribution < 1.29 is 4.21 Å². The highest BCUT2D eigenvalue weighted by Crippen LogP contribution is 2.12. The van der Waals surface area contributed by atoms with Crippen LogP contribution in [0, 0.1) is 4.78 Å². The molecule has 0 radical (unpaired) electrons. The van der Waals surface area contributed by atoms with Gasteiger partial charge in [-0.3, -0.25) is 4.78 Å². The number of nitrogens with one attached hydrogen (secondary N) is 1. The normalized spacial score (nSPS) is 19.9. The summed E-state index contributed by atoms with van der Waals surface area (Å²) < 4.78 is 18.1. The standard InChI is InChI=1S/C6H14ClNOS/c1-3-5-10(8,9)6(7)4-2/h6,8H,3-5H2,1-2H3. The minimum Gasteiger partial charge on any atom is -0.252 e. The van der Waals surface area contributed by atoms with Crippen molar-refractivity contribution in [2.75, 3.05) is 5.75 Å². The van der Waals surface area contributed by atoms with E-state index >= 15 is 0 Å². The summed E-state index contributed by atoms with van der Waals surface area (Å²) in [5.41, 5.74) is 0. The maximum atomic E-state index is 11.3. The molecule has 0 fully saturated rings. The number of alkyl halides is 1. The topological polar surface area (TPSA) is 40.9 Å². The van der Waals surface area contributed by atoms with Crippen molar-refractivity contribution in [3.63, 3.8) is 0 Å². The second-order valence-corrected chi connectivity index (χ2v) is 5.46. The van der Waals surface area contributed by atoms with Gasteiger partial charge in [-0.05, 0) is 12.8 Å². The van der Waals surface area contributed by atoms with E-state index in [2.05, 4.69) is 0 Å². The second-order valence-electron chi connectivity index (χ2n) is 2.25. The van der Waals surface area contributed by atoms with Gasteiger partial charge in [0.25, 0.3) is 0 Å². The molecule has 2 unspecified atom stereocenters. The SMILES string of the molecule is CCCS(=N)(=O)C(Cl)CC. The van der Waals surface area contributed by atoms with Crippen LogP contribution in [0.15, 0.2) is 0 Å². The van der Waals surface area contributed by atoms with Crippen LogP contribution in [0.4, 0.5) is 0 Å². The van der Waals surface area contributed by atoms with E-state index in [1.165, 1.54) is 0 Å². The van der Waals surface area contributed by atoms with Crippen LogP contribution < -0.4 is 0 Å². The van der Waals surface area contributed by atoms with Crippen LogP contribution in [0.2, 0.25) is 0 Å². The summed E-state index contributed by atoms with van der Waals surface area (Å²) in [7, 11) is -2.49. The van der Waals surface area contributed by atoms with Gasteiger partial charge in [-0.2, -0.15) is 0 Å². The molecule has 0 heterocycles. The molecular weight excluding hydrogens is 170 g/mol. The van der Waals surface area contributed by atoms with Gasteiger partial charge in [0.2, 0.25) is 0 Å². The Bertz CT molecular complexity index is 176. The Labute approximate surface area is 67.9 Å². The zero-order valence-electron chi connectivity index (χ0n) is 6.39. The summed E-state index contributed by atoms with van der Waals surface area (Å²) in [5.74, 6) is 0.426. The van der Waals surface area contributed by atoms with Crippen LogP contribution in [0.1, 0.15) is 26.7 Å². The van der Waals surface area contributed by atoms with E-state index in [-0.39, 0.29) is 0 Å². The van der Waals surface area contributed by atoms with Crippen molar-refractivity contribution >= 4 is 21.3 Å². The van der Waals surface area contributed by atoms with Gasteiger partial charge in [-0.25, -0.2) is 4.21 Å². The van der Waals surface area contributed by atoms with Crippen LogP contribution in [0.5, 0.6) is 0 Å². The second kappa shape index (κ2) is 4.19. The number of halogens is 1. The molecule has 0 aliphatic rings. The predicted octanol–water partition coefficient (Wildman–Crippen LogP) is 2.42. The van der Waals surface area contributed by atoms with Crippen LogP contribution in [0.25, 0.3) is 0 Å². The molecule has 0 rings (SSSR count). The van der Waals surface area contributed by atoms with E-state index in [9.17, 15) is 4.21 Å². The van der Waals surface area contributed by atoms with Gasteiger partial charge < -0.3 is 0 Å². The highest BCUT2D eigenvalue weighted by molar-refractivity contribution is 7.94. The number of hydrogen-bond donors (Lipinski definition) is 1. The molecule has 2 nitrogen and oxygen atoms in total. The first-order chi connectivity index (χ1) is 4.54. The van der Waals surface area contributed by atoms with Crippen LogP contribution >= 0.6 is 11.6 Å². The first-order valence-corrected chi connectivity index (χ1v) is 5.66. The summed E-state index contributed by atoms with van der Waals surface area (Å²) in [6, 6.07) is 0. The lowest BCUT2D eigenvalue weighted by Gasteiger charge is -2.09. The maximum absolute atomic E-state index is 11.3. The van der Waals surface area contributed by atoms with E-state index in [1.54, 1.807) is 0 Å². The lowest BCUT2D eigenvalue weighted by molar-refractivity contribution is 0.668. The average Bonchev–Trinajstić information content (AvgIpc) is 1.86. The summed E-state index contributed by atoms with van der Waals surface area (Å²) in [4.78, 5) is 0. The van der Waals surface area contributed by atoms with Crippen LogP contribution in [0.3, 0.4) is 0 Å². The zero-order valence-corrected chi connectivity index (χ0v) is 7.97. The Morgan fingerprint density at radius 3 is 2.40 bits per heavy atom. The van der Waals surface area contributed by atoms with Crippen molar-refractivity contribution in [3.8, 4) is 0 Å². The molecule has 1 N–H and O–H groups in total. The fraction of sp³-hybridized carbons (Fsp3) is 1.00. The molecule has 62 valence electrons. The van der Waals surface area contributed by atoms with E-state index in [0.717, 1.165) is 6.42 Å². The van der Waals surface area contributed by atoms with Crippen molar-refractivity contribution in [2.24, 2.45) is 0 Å². The quantitative estimate of drug-likeness (QED) is 0.669. The minimum absolute atomic E-state index is 0.426. The molecule has 0 amide bonds. The van der Waals surface area contributed by atoms with E-state index in [1.807, 2.05) is 13.8 Å². The summed E-state index contributed by atoms with van der Waals surface area (Å²) in [5, 5.41) is 0. The summed E-state index contributed by atoms with van der Waals surface area (Å²) in [6.45, 7) is 3.76. The molecule has 0 aromatic heterocycles. The number of hydrogen-bond acceptors (Lipinski definition) is 2. The zero-order chi connectivity index (χ0) is 8.20. The molecule has 0 saturated carbocycles. The Morgan fingerprint density at radius 1 is 1.60 bits per heavy atom. The van der Waals surface area contributed by atoms with Gasteiger partial charge in [0.05, 0.1) is 9.73 Å². The molecule has 0 aliphatic carbocycles. The third-order valence-electron chi connectivity index (χ3n) is 1.24. The summed E-state index contributed by atoms with van der Waals surface area (Å²) >= 11 is 5.67. The first kappa shape index (κ1) is 10.2. The van der Waals surface area contributed by atoms with Crippen molar-refractivity contribution in [1.29, 1.82) is 4.78 Å². The van der Waals surface area contributed by atoms with Crippen molar-refractivity contribution in [1.82, 2.24) is 0 Å². The minimum atomic E-state index is -2.49. The highest BCUT2D eigenvalue weighted by atomic mass is 35.5. The number of rotatable bonds is 4. The Morgan fingerprint density at radius 2 is 2.10 bits per heavy atom. The molecular formula is C6H14ClNOS. The monoisotopic (exact) mass is 183 g/mol. The van der Waals surface area contributed by atoms with Gasteiger partial charge >= 0.3 is 0 Å². The fourth-order valence-corrected chi connectivity index (χ4v) is 2.37. The van der Waals surface area contributed by atoms with Crippen molar-refractivity contribution in [3.05, 3.63) is 0 Å². The molecule has 0 aromatic rings. The molecule has 0 saturated heterocycles. The molecule has 0 aromatic carbocycles. The highest BCUT2D eigenvalue weighted by Gasteiger charge is 2.14. The molecule has 0 aliphatic heterocycles. The van der Waals surface area contributed by atoms with Gasteiger partial charge in [0.15, 0.2) is 0 Å². The molecule has 0 spiro atoms. The third-order valence-corrected chi connectivity index (χ3v) is 4.59. The Balaban J connectivity index is 4.12. The fourth-order valence-electron chi connectivity index (χ4n) is 0.700. The smallest absolute Gasteiger partial charge is 0.116 e. The Hall–Kier alpha value is 0.240. The van der Waals surface area contributed by atoms with E-state index < -0.39 is 14.4 Å². The summed E-state index contributed by atoms with van der Waals surface area (Å²) in [6.07, 6.45) is 1.38. The van der Waals surface area contributed by atoms with Crippen LogP contribution in [-0.4, -0.2) is 14.7 Å². The van der Waals surface area contributed by atoms with Gasteiger partial charge in [-0.15, -0.1) is 11.6 Å². The maximum Gasteiger partial charge on any atom is 0.116 e. The first-order valence-electron chi connectivity index (χ1n) is 3.44. The van der Waals surface area contributed by atoms with Gasteiger partial charge in [0, 0.05) is 5.75 Å². The van der Waals surface area contributed by atoms with E-state index in [0.29, 0.717) is 12.2 Å². The molecule has 2 atom stereocenters. The largest absolute Gasteiger partial charge is 0.252 e. The lowest BCUT2D eigenvalue weighted by atomic mass is 10.6. The third kappa shape index (κ3) is 2.88. The molecule has 0 bridgehead atoms. The van der Waals surface area contributed by atoms with Crippen LogP contribution in [-0.2, 0) is 9.73 Å². The average molecular weight is 184 g/mol. The van der Waals surface area contributed by atoms with Gasteiger partial charge in [-0.1, -0.05) is 13.8 Å². The van der Waals surface area contributed by atoms with Crippen molar-refractivity contribution in [2.45, 2.75) is 31.4 Å². The molecule has 10 heavy (non-hydrogen) atoms. The molecule has 4 heteroatoms.